The first-order chi connectivity index (χ1) is 33.9. The van der Waals surface area contributed by atoms with E-state index in [9.17, 15) is 0 Å². The Morgan fingerprint density at radius 2 is 1.20 bits per heavy atom. The van der Waals surface area contributed by atoms with Crippen LogP contribution >= 0.6 is 11.3 Å². The van der Waals surface area contributed by atoms with E-state index in [4.69, 9.17) is 0 Å². The molecule has 0 fully saturated rings. The molecule has 0 saturated carbocycles. The number of aromatic nitrogens is 1. The predicted octanol–water partition coefficient (Wildman–Crippen LogP) is 16.0. The molecule has 3 heterocycles. The van der Waals surface area contributed by atoms with Gasteiger partial charge in [-0.3, -0.25) is 0 Å². The Morgan fingerprint density at radius 3 is 2.00 bits per heavy atom. The van der Waals surface area contributed by atoms with Crippen molar-refractivity contribution in [2.45, 2.75) is 26.2 Å². The molecule has 12 aromatic rings. The van der Waals surface area contributed by atoms with Gasteiger partial charge in [0, 0.05) is 81.6 Å². The highest BCUT2D eigenvalue weighted by atomic mass is 32.1. The first-order valence-electron chi connectivity index (χ1n) is 24.0. The van der Waals surface area contributed by atoms with E-state index in [0.29, 0.717) is 0 Å². The SMILES string of the molecule is Cc1ccc(Nc2cc(N(c3ccccc3)c3ccccc3)ccc2-c2cc(-c3ccc4c(c3)sc3ccccc34)c3c4ccccc4n4c3c2Bc2cc3c(cc2-4)-c2ccccc2C3(C)C)cc1. The Balaban J connectivity index is 1.08. The molecule has 5 heteroatoms. The Bertz CT molecular complexity index is 4010. The van der Waals surface area contributed by atoms with Gasteiger partial charge in [0.1, 0.15) is 0 Å². The zero-order valence-electron chi connectivity index (χ0n) is 38.7. The first kappa shape index (κ1) is 40.0. The van der Waals surface area contributed by atoms with Gasteiger partial charge >= 0.3 is 0 Å². The largest absolute Gasteiger partial charge is 0.355 e. The van der Waals surface area contributed by atoms with Crippen LogP contribution in [0.3, 0.4) is 0 Å². The van der Waals surface area contributed by atoms with Gasteiger partial charge in [-0.2, -0.15) is 0 Å². The Kier molecular flexibility index (Phi) is 8.81. The van der Waals surface area contributed by atoms with Crippen molar-refractivity contribution in [1.82, 2.24) is 4.57 Å². The molecule has 326 valence electrons. The Labute approximate surface area is 406 Å². The number of benzene rings is 10. The fourth-order valence-electron chi connectivity index (χ4n) is 11.7. The summed E-state index contributed by atoms with van der Waals surface area (Å²) in [6.45, 7) is 6.94. The third-order valence-electron chi connectivity index (χ3n) is 15.0. The topological polar surface area (TPSA) is 20.2 Å². The summed E-state index contributed by atoms with van der Waals surface area (Å²) in [5.74, 6) is 0. The molecule has 0 atom stereocenters. The van der Waals surface area contributed by atoms with Crippen LogP contribution in [0.5, 0.6) is 0 Å². The van der Waals surface area contributed by atoms with E-state index >= 15 is 0 Å². The van der Waals surface area contributed by atoms with E-state index in [-0.39, 0.29) is 5.41 Å². The van der Waals surface area contributed by atoms with Crippen LogP contribution in [0.4, 0.5) is 28.4 Å². The number of hydrogen-bond donors (Lipinski definition) is 1. The van der Waals surface area contributed by atoms with Crippen LogP contribution in [0, 0.1) is 6.92 Å². The maximum atomic E-state index is 4.00. The van der Waals surface area contributed by atoms with E-state index in [1.165, 1.54) is 103 Å². The molecule has 0 radical (unpaired) electrons. The highest BCUT2D eigenvalue weighted by Crippen LogP contribution is 2.51. The van der Waals surface area contributed by atoms with Gasteiger partial charge in [0.25, 0.3) is 0 Å². The quantitative estimate of drug-likeness (QED) is 0.161. The molecule has 3 nitrogen and oxygen atoms in total. The van der Waals surface area contributed by atoms with Crippen LogP contribution in [0.1, 0.15) is 30.5 Å². The lowest BCUT2D eigenvalue weighted by molar-refractivity contribution is 0.661. The van der Waals surface area contributed by atoms with Crippen LogP contribution in [0.2, 0.25) is 0 Å². The Hall–Kier alpha value is -8.12. The highest BCUT2D eigenvalue weighted by Gasteiger charge is 2.38. The second-order valence-electron chi connectivity index (χ2n) is 19.4. The number of anilines is 5. The van der Waals surface area contributed by atoms with Gasteiger partial charge in [-0.1, -0.05) is 158 Å². The lowest BCUT2D eigenvalue weighted by atomic mass is 9.58. The lowest BCUT2D eigenvalue weighted by Crippen LogP contribution is -2.38. The maximum absolute atomic E-state index is 4.00. The lowest BCUT2D eigenvalue weighted by Gasteiger charge is -2.29. The standard InChI is InChI=1S/C64H46BN3S/c1-39-26-29-41(30-27-39)66-56-35-44(67(42-16-6-4-7-17-42)43-18-8-5-9-19-43)31-33-46(56)52-36-50(40-28-32-48-47-21-12-15-25-59(47)69-60(48)34-40)61-49-22-11-14-24-57(49)68-58-37-51-45-20-10-13-23-53(45)64(2,3)54(51)38-55(58)65-62(52)63(61)68/h4-38,65-66H,1-3H3. The summed E-state index contributed by atoms with van der Waals surface area (Å²) < 4.78 is 5.24. The minimum atomic E-state index is -0.114. The number of thiophene rings is 1. The molecule has 1 N–H and O–H groups in total. The fourth-order valence-corrected chi connectivity index (χ4v) is 12.9. The molecule has 69 heavy (non-hydrogen) atoms. The molecule has 1 aliphatic carbocycles. The van der Waals surface area contributed by atoms with Crippen LogP contribution < -0.4 is 21.1 Å². The fraction of sp³-hybridized carbons (Fsp3) is 0.0625. The van der Waals surface area contributed by atoms with Crippen molar-refractivity contribution in [3.05, 3.63) is 229 Å². The van der Waals surface area contributed by atoms with Crippen LogP contribution in [0.15, 0.2) is 212 Å². The van der Waals surface area contributed by atoms with E-state index in [0.717, 1.165) is 41.3 Å². The molecule has 0 unspecified atom stereocenters. The number of nitrogens with zero attached hydrogens (tertiary/aromatic N) is 2. The van der Waals surface area contributed by atoms with Gasteiger partial charge in [0.2, 0.25) is 0 Å². The number of nitrogens with one attached hydrogen (secondary N) is 1. The summed E-state index contributed by atoms with van der Waals surface area (Å²) in [5.41, 5.74) is 23.4. The average Bonchev–Trinajstić information content (AvgIpc) is 4.01. The van der Waals surface area contributed by atoms with E-state index < -0.39 is 0 Å². The van der Waals surface area contributed by atoms with Crippen LogP contribution in [-0.2, 0) is 5.41 Å². The average molecular weight is 900 g/mol. The molecular weight excluding hydrogens is 854 g/mol. The van der Waals surface area contributed by atoms with Crippen molar-refractivity contribution in [2.24, 2.45) is 0 Å². The van der Waals surface area contributed by atoms with Crippen LogP contribution in [-0.4, -0.2) is 11.8 Å². The summed E-state index contributed by atoms with van der Waals surface area (Å²) >= 11 is 1.89. The zero-order valence-corrected chi connectivity index (χ0v) is 39.5. The summed E-state index contributed by atoms with van der Waals surface area (Å²) in [7, 11) is 0.804. The summed E-state index contributed by atoms with van der Waals surface area (Å²) in [6, 6.07) is 79.0. The first-order valence-corrected chi connectivity index (χ1v) is 24.9. The number of rotatable bonds is 7. The molecule has 0 saturated heterocycles. The molecular formula is C64H46BN3S. The van der Waals surface area contributed by atoms with Crippen molar-refractivity contribution in [3.63, 3.8) is 0 Å². The van der Waals surface area contributed by atoms with Gasteiger partial charge in [-0.25, -0.2) is 0 Å². The number of aryl methyl sites for hydroxylation is 1. The molecule has 0 spiro atoms. The number of fused-ring (bicyclic) bond motifs is 11. The molecule has 2 aliphatic rings. The molecule has 1 aliphatic heterocycles. The summed E-state index contributed by atoms with van der Waals surface area (Å²) in [4.78, 5) is 2.36. The number of hydrogen-bond acceptors (Lipinski definition) is 3. The predicted molar refractivity (Wildman–Crippen MR) is 298 cm³/mol. The highest BCUT2D eigenvalue weighted by molar-refractivity contribution is 7.25. The maximum Gasteiger partial charge on any atom is 0.198 e. The van der Waals surface area contributed by atoms with Crippen molar-refractivity contribution in [1.29, 1.82) is 0 Å². The van der Waals surface area contributed by atoms with Gasteiger partial charge in [-0.05, 0) is 130 Å². The summed E-state index contributed by atoms with van der Waals surface area (Å²) in [6.07, 6.45) is 0. The monoisotopic (exact) mass is 899 g/mol. The second-order valence-corrected chi connectivity index (χ2v) is 20.5. The zero-order chi connectivity index (χ0) is 46.0. The molecule has 2 aromatic heterocycles. The van der Waals surface area contributed by atoms with E-state index in [1.54, 1.807) is 0 Å². The smallest absolute Gasteiger partial charge is 0.198 e. The third kappa shape index (κ3) is 6.13. The molecule has 10 aromatic carbocycles. The molecule has 14 rings (SSSR count). The second kappa shape index (κ2) is 15.2. The minimum absolute atomic E-state index is 0.114. The molecule has 0 amide bonds. The van der Waals surface area contributed by atoms with Gasteiger partial charge in [0.15, 0.2) is 7.28 Å². The Morgan fingerprint density at radius 1 is 0.507 bits per heavy atom. The molecule has 0 bridgehead atoms. The normalized spacial score (nSPS) is 13.1. The van der Waals surface area contributed by atoms with Gasteiger partial charge < -0.3 is 14.8 Å². The van der Waals surface area contributed by atoms with Gasteiger partial charge in [0.05, 0.1) is 5.52 Å². The summed E-state index contributed by atoms with van der Waals surface area (Å²) in [5, 5.41) is 9.20. The van der Waals surface area contributed by atoms with Gasteiger partial charge in [-0.15, -0.1) is 11.3 Å². The van der Waals surface area contributed by atoms with Crippen molar-refractivity contribution >= 4 is 100.0 Å². The van der Waals surface area contributed by atoms with Crippen molar-refractivity contribution < 1.29 is 0 Å². The van der Waals surface area contributed by atoms with Crippen LogP contribution in [0.25, 0.3) is 81.0 Å². The minimum Gasteiger partial charge on any atom is -0.355 e. The van der Waals surface area contributed by atoms with E-state index in [2.05, 4.69) is 248 Å². The third-order valence-corrected chi connectivity index (χ3v) is 16.2. The van der Waals surface area contributed by atoms with E-state index in [1.807, 2.05) is 11.3 Å². The number of para-hydroxylation sites is 3. The van der Waals surface area contributed by atoms with Crippen molar-refractivity contribution in [3.8, 4) is 39.1 Å². The van der Waals surface area contributed by atoms with Crippen molar-refractivity contribution in [2.75, 3.05) is 10.2 Å².